The fourth-order valence-electron chi connectivity index (χ4n) is 2.92. The molecule has 0 unspecified atom stereocenters. The van der Waals surface area contributed by atoms with Crippen molar-refractivity contribution in [3.8, 4) is 5.75 Å². The number of nitrogens with zero attached hydrogens (tertiary/aromatic N) is 1. The molecule has 7 heteroatoms. The Bertz CT molecular complexity index is 744. The van der Waals surface area contributed by atoms with E-state index in [1.54, 1.807) is 26.0 Å². The molecule has 1 saturated carbocycles. The SMILES string of the molecule is CC(C)O.O=C(NC1CCCCC1)c1cnc2cc(OC(F)F)ccc2c1. The van der Waals surface area contributed by atoms with Gasteiger partial charge in [0.15, 0.2) is 0 Å². The topological polar surface area (TPSA) is 71.5 Å². The first-order valence-electron chi connectivity index (χ1n) is 9.18. The van der Waals surface area contributed by atoms with E-state index in [1.165, 1.54) is 24.8 Å². The number of halogens is 2. The maximum atomic E-state index is 12.3. The fourth-order valence-corrected chi connectivity index (χ4v) is 2.92. The van der Waals surface area contributed by atoms with Gasteiger partial charge in [-0.1, -0.05) is 19.3 Å². The molecule has 1 aliphatic rings. The number of rotatable bonds is 4. The van der Waals surface area contributed by atoms with E-state index in [1.807, 2.05) is 0 Å². The fraction of sp³-hybridized carbons (Fsp3) is 0.500. The van der Waals surface area contributed by atoms with E-state index in [9.17, 15) is 13.6 Å². The number of aliphatic hydroxyl groups excluding tert-OH is 1. The molecule has 1 fully saturated rings. The monoisotopic (exact) mass is 380 g/mol. The van der Waals surface area contributed by atoms with Crippen LogP contribution < -0.4 is 10.1 Å². The molecule has 2 aromatic rings. The lowest BCUT2D eigenvalue weighted by molar-refractivity contribution is -0.0497. The number of hydrogen-bond acceptors (Lipinski definition) is 4. The number of hydrogen-bond donors (Lipinski definition) is 2. The number of alkyl halides is 2. The standard InChI is InChI=1S/C17H18F2N2O2.C3H8O/c18-17(19)23-14-7-6-11-8-12(10-20-15(11)9-14)16(22)21-13-4-2-1-3-5-13;1-3(2)4/h6-10,13,17H,1-5H2,(H,21,22);3-4H,1-2H3. The molecular weight excluding hydrogens is 354 g/mol. The Morgan fingerprint density at radius 1 is 1.22 bits per heavy atom. The molecule has 0 radical (unpaired) electrons. The van der Waals surface area contributed by atoms with Crippen molar-refractivity contribution in [1.82, 2.24) is 10.3 Å². The van der Waals surface area contributed by atoms with Crippen LogP contribution in [0, 0.1) is 0 Å². The summed E-state index contributed by atoms with van der Waals surface area (Å²) in [4.78, 5) is 16.5. The lowest BCUT2D eigenvalue weighted by Gasteiger charge is -2.22. The molecule has 0 saturated heterocycles. The second-order valence-corrected chi connectivity index (χ2v) is 6.86. The number of amides is 1. The first-order valence-corrected chi connectivity index (χ1v) is 9.18. The summed E-state index contributed by atoms with van der Waals surface area (Å²) in [6, 6.07) is 6.45. The van der Waals surface area contributed by atoms with Crippen molar-refractivity contribution in [2.24, 2.45) is 0 Å². The third kappa shape index (κ3) is 7.09. The van der Waals surface area contributed by atoms with E-state index < -0.39 is 6.61 Å². The Hall–Kier alpha value is -2.28. The summed E-state index contributed by atoms with van der Waals surface area (Å²) in [6.45, 7) is 0.577. The summed E-state index contributed by atoms with van der Waals surface area (Å²) < 4.78 is 28.8. The molecule has 0 spiro atoms. The minimum absolute atomic E-state index is 0.0550. The Morgan fingerprint density at radius 3 is 2.52 bits per heavy atom. The van der Waals surface area contributed by atoms with Crippen molar-refractivity contribution in [3.05, 3.63) is 36.0 Å². The predicted octanol–water partition coefficient (Wildman–Crippen LogP) is 4.29. The van der Waals surface area contributed by atoms with Crippen LogP contribution in [0.3, 0.4) is 0 Å². The number of nitrogens with one attached hydrogen (secondary N) is 1. The van der Waals surface area contributed by atoms with Gasteiger partial charge in [-0.2, -0.15) is 8.78 Å². The van der Waals surface area contributed by atoms with Gasteiger partial charge in [0.1, 0.15) is 5.75 Å². The molecule has 0 atom stereocenters. The molecule has 1 aromatic carbocycles. The Balaban J connectivity index is 0.000000596. The third-order valence-electron chi connectivity index (χ3n) is 4.08. The van der Waals surface area contributed by atoms with Gasteiger partial charge in [-0.25, -0.2) is 0 Å². The van der Waals surface area contributed by atoms with Crippen LogP contribution in [0.1, 0.15) is 56.3 Å². The van der Waals surface area contributed by atoms with E-state index in [2.05, 4.69) is 15.0 Å². The van der Waals surface area contributed by atoms with Gasteiger partial charge in [0.05, 0.1) is 11.1 Å². The average molecular weight is 380 g/mol. The number of aromatic nitrogens is 1. The summed E-state index contributed by atoms with van der Waals surface area (Å²) in [5.74, 6) is -0.0846. The van der Waals surface area contributed by atoms with Crippen molar-refractivity contribution in [2.75, 3.05) is 0 Å². The molecule has 3 rings (SSSR count). The third-order valence-corrected chi connectivity index (χ3v) is 4.08. The minimum Gasteiger partial charge on any atom is -0.435 e. The van der Waals surface area contributed by atoms with Crippen LogP contribution in [0.15, 0.2) is 30.5 Å². The zero-order valence-corrected chi connectivity index (χ0v) is 15.6. The first kappa shape index (κ1) is 21.0. The van der Waals surface area contributed by atoms with Crippen LogP contribution in [0.4, 0.5) is 8.78 Å². The molecule has 148 valence electrons. The second kappa shape index (κ2) is 10.2. The van der Waals surface area contributed by atoms with Crippen molar-refractivity contribution < 1.29 is 23.4 Å². The molecule has 27 heavy (non-hydrogen) atoms. The van der Waals surface area contributed by atoms with Gasteiger partial charge in [-0.05, 0) is 44.9 Å². The zero-order valence-electron chi connectivity index (χ0n) is 15.6. The lowest BCUT2D eigenvalue weighted by atomic mass is 9.95. The van der Waals surface area contributed by atoms with E-state index in [4.69, 9.17) is 5.11 Å². The quantitative estimate of drug-likeness (QED) is 0.830. The summed E-state index contributed by atoms with van der Waals surface area (Å²) in [6.07, 6.45) is 6.85. The van der Waals surface area contributed by atoms with Crippen LogP contribution in [0.25, 0.3) is 10.9 Å². The normalized spacial score (nSPS) is 14.8. The summed E-state index contributed by atoms with van der Waals surface area (Å²) >= 11 is 0. The molecular formula is C20H26F2N2O3. The van der Waals surface area contributed by atoms with Gasteiger partial charge in [-0.15, -0.1) is 0 Å². The van der Waals surface area contributed by atoms with Crippen LogP contribution in [-0.4, -0.2) is 34.8 Å². The second-order valence-electron chi connectivity index (χ2n) is 6.86. The van der Waals surface area contributed by atoms with Crippen LogP contribution >= 0.6 is 0 Å². The number of fused-ring (bicyclic) bond motifs is 1. The molecule has 1 heterocycles. The highest BCUT2D eigenvalue weighted by Crippen LogP contribution is 2.22. The first-order chi connectivity index (χ1) is 12.8. The highest BCUT2D eigenvalue weighted by atomic mass is 19.3. The van der Waals surface area contributed by atoms with E-state index in [-0.39, 0.29) is 23.8 Å². The zero-order chi connectivity index (χ0) is 19.8. The maximum Gasteiger partial charge on any atom is 0.387 e. The molecule has 1 amide bonds. The molecule has 1 aliphatic carbocycles. The van der Waals surface area contributed by atoms with E-state index in [0.29, 0.717) is 16.5 Å². The van der Waals surface area contributed by atoms with Gasteiger partial charge in [0.25, 0.3) is 5.91 Å². The minimum atomic E-state index is -2.87. The molecule has 2 N–H and O–H groups in total. The number of pyridine rings is 1. The van der Waals surface area contributed by atoms with Crippen LogP contribution in [0.5, 0.6) is 5.75 Å². The van der Waals surface area contributed by atoms with Crippen molar-refractivity contribution in [2.45, 2.75) is 64.7 Å². The van der Waals surface area contributed by atoms with Gasteiger partial charge in [-0.3, -0.25) is 9.78 Å². The lowest BCUT2D eigenvalue weighted by Crippen LogP contribution is -2.36. The summed E-state index contributed by atoms with van der Waals surface area (Å²) in [5, 5.41) is 11.8. The smallest absolute Gasteiger partial charge is 0.387 e. The van der Waals surface area contributed by atoms with Gasteiger partial charge < -0.3 is 15.2 Å². The Kier molecular flexibility index (Phi) is 7.91. The molecule has 0 bridgehead atoms. The molecule has 0 aliphatic heterocycles. The van der Waals surface area contributed by atoms with Crippen molar-refractivity contribution in [3.63, 3.8) is 0 Å². The number of carbonyl (C=O) groups excluding carboxylic acids is 1. The predicted molar refractivity (Wildman–Crippen MR) is 100 cm³/mol. The molecule has 1 aromatic heterocycles. The van der Waals surface area contributed by atoms with Gasteiger partial charge >= 0.3 is 6.61 Å². The highest BCUT2D eigenvalue weighted by molar-refractivity contribution is 5.97. The summed E-state index contributed by atoms with van der Waals surface area (Å²) in [5.41, 5.74) is 0.989. The van der Waals surface area contributed by atoms with E-state index >= 15 is 0 Å². The number of aliphatic hydroxyl groups is 1. The van der Waals surface area contributed by atoms with Crippen molar-refractivity contribution in [1.29, 1.82) is 0 Å². The highest BCUT2D eigenvalue weighted by Gasteiger charge is 2.17. The van der Waals surface area contributed by atoms with E-state index in [0.717, 1.165) is 25.7 Å². The average Bonchev–Trinajstić information content (AvgIpc) is 2.61. The van der Waals surface area contributed by atoms with Crippen LogP contribution in [0.2, 0.25) is 0 Å². The Labute approximate surface area is 157 Å². The van der Waals surface area contributed by atoms with Gasteiger partial charge in [0.2, 0.25) is 0 Å². The number of carbonyl (C=O) groups is 1. The van der Waals surface area contributed by atoms with Crippen LogP contribution in [-0.2, 0) is 0 Å². The summed E-state index contributed by atoms with van der Waals surface area (Å²) in [7, 11) is 0. The number of benzene rings is 1. The number of ether oxygens (including phenoxy) is 1. The Morgan fingerprint density at radius 2 is 1.89 bits per heavy atom. The molecule has 5 nitrogen and oxygen atoms in total. The van der Waals surface area contributed by atoms with Gasteiger partial charge in [0, 0.05) is 29.8 Å². The largest absolute Gasteiger partial charge is 0.435 e. The van der Waals surface area contributed by atoms with Crippen molar-refractivity contribution >= 4 is 16.8 Å². The maximum absolute atomic E-state index is 12.3.